The number of likely N-dealkylation sites (N-methyl/N-ethyl adjacent to an activating group) is 1. The Kier molecular flexibility index (Phi) is 11.2. The van der Waals surface area contributed by atoms with Crippen molar-refractivity contribution in [2.45, 2.75) is 30.8 Å². The van der Waals surface area contributed by atoms with E-state index in [9.17, 15) is 18.0 Å². The maximum absolute atomic E-state index is 14.3. The molecule has 1 atom stereocenters. The molecular formula is C32H29Cl4N3O4S. The van der Waals surface area contributed by atoms with Crippen molar-refractivity contribution in [3.8, 4) is 0 Å². The molecule has 0 fully saturated rings. The summed E-state index contributed by atoms with van der Waals surface area (Å²) >= 11 is 24.8. The number of nitrogens with zero attached hydrogens (tertiary/aromatic N) is 2. The van der Waals surface area contributed by atoms with Crippen LogP contribution in [0.1, 0.15) is 16.7 Å². The second kappa shape index (κ2) is 14.7. The zero-order valence-electron chi connectivity index (χ0n) is 23.8. The largest absolute Gasteiger partial charge is 0.357 e. The minimum Gasteiger partial charge on any atom is -0.357 e. The van der Waals surface area contributed by atoms with Crippen molar-refractivity contribution < 1.29 is 18.0 Å². The van der Waals surface area contributed by atoms with Crippen molar-refractivity contribution in [3.05, 3.63) is 128 Å². The van der Waals surface area contributed by atoms with Crippen molar-refractivity contribution in [1.29, 1.82) is 0 Å². The summed E-state index contributed by atoms with van der Waals surface area (Å²) in [4.78, 5) is 29.0. The van der Waals surface area contributed by atoms with Gasteiger partial charge in [0.1, 0.15) is 12.6 Å². The van der Waals surface area contributed by atoms with Crippen LogP contribution in [0.15, 0.2) is 95.9 Å². The third kappa shape index (κ3) is 8.06. The van der Waals surface area contributed by atoms with Crippen LogP contribution in [-0.2, 0) is 32.6 Å². The Morgan fingerprint density at radius 3 is 1.98 bits per heavy atom. The number of aryl methyl sites for hydroxylation is 1. The highest BCUT2D eigenvalue weighted by molar-refractivity contribution is 7.92. The lowest BCUT2D eigenvalue weighted by Crippen LogP contribution is -2.53. The first-order chi connectivity index (χ1) is 20.9. The van der Waals surface area contributed by atoms with Crippen molar-refractivity contribution >= 4 is 73.9 Å². The predicted octanol–water partition coefficient (Wildman–Crippen LogP) is 7.19. The smallest absolute Gasteiger partial charge is 0.264 e. The number of rotatable bonds is 11. The van der Waals surface area contributed by atoms with Gasteiger partial charge in [-0.15, -0.1) is 0 Å². The van der Waals surface area contributed by atoms with Crippen LogP contribution in [0.3, 0.4) is 0 Å². The predicted molar refractivity (Wildman–Crippen MR) is 177 cm³/mol. The van der Waals surface area contributed by atoms with Gasteiger partial charge < -0.3 is 10.2 Å². The molecule has 0 aliphatic carbocycles. The van der Waals surface area contributed by atoms with E-state index in [1.54, 1.807) is 30.3 Å². The lowest BCUT2D eigenvalue weighted by molar-refractivity contribution is -0.139. The number of sulfonamides is 1. The molecule has 0 saturated carbocycles. The van der Waals surface area contributed by atoms with Crippen molar-refractivity contribution in [3.63, 3.8) is 0 Å². The molecule has 4 aromatic rings. The Morgan fingerprint density at radius 1 is 0.773 bits per heavy atom. The van der Waals surface area contributed by atoms with Gasteiger partial charge in [-0.25, -0.2) is 8.42 Å². The first kappa shape index (κ1) is 33.6. The summed E-state index contributed by atoms with van der Waals surface area (Å²) in [6, 6.07) is 23.7. The fourth-order valence-corrected chi connectivity index (χ4v) is 6.58. The topological polar surface area (TPSA) is 86.8 Å². The Labute approximate surface area is 277 Å². The van der Waals surface area contributed by atoms with Gasteiger partial charge in [-0.3, -0.25) is 13.9 Å². The van der Waals surface area contributed by atoms with Crippen LogP contribution in [0.4, 0.5) is 5.69 Å². The highest BCUT2D eigenvalue weighted by Gasteiger charge is 2.34. The summed E-state index contributed by atoms with van der Waals surface area (Å²) in [6.45, 7) is 1.14. The van der Waals surface area contributed by atoms with Crippen molar-refractivity contribution in [2.24, 2.45) is 0 Å². The van der Waals surface area contributed by atoms with Gasteiger partial charge in [0.05, 0.1) is 30.7 Å². The van der Waals surface area contributed by atoms with Crippen molar-refractivity contribution in [2.75, 3.05) is 17.9 Å². The van der Waals surface area contributed by atoms with Crippen LogP contribution in [0.25, 0.3) is 0 Å². The number of hydrogen-bond donors (Lipinski definition) is 1. The van der Waals surface area contributed by atoms with Gasteiger partial charge in [-0.1, -0.05) is 100 Å². The van der Waals surface area contributed by atoms with E-state index in [0.717, 1.165) is 15.4 Å². The first-order valence-corrected chi connectivity index (χ1v) is 16.4. The lowest BCUT2D eigenvalue weighted by atomic mass is 10.0. The molecule has 0 saturated heterocycles. The zero-order valence-corrected chi connectivity index (χ0v) is 27.6. The summed E-state index contributed by atoms with van der Waals surface area (Å²) < 4.78 is 29.1. The Hall–Kier alpha value is -3.27. The Bertz CT molecular complexity index is 1750. The number of amides is 2. The van der Waals surface area contributed by atoms with E-state index in [2.05, 4.69) is 5.32 Å². The molecule has 4 rings (SSSR count). The SMILES string of the molecule is CNC(=O)C(Cc1ccccc1)N(Cc1ccc(Cl)c(Cl)c1)C(=O)CN(c1ccc(Cl)c(Cl)c1)S(=O)(=O)c1ccc(C)cc1. The molecule has 0 radical (unpaired) electrons. The number of hydrogen-bond acceptors (Lipinski definition) is 4. The minimum absolute atomic E-state index is 0.0230. The molecule has 2 amide bonds. The summed E-state index contributed by atoms with van der Waals surface area (Å²) in [5.74, 6) is -1.06. The summed E-state index contributed by atoms with van der Waals surface area (Å²) in [7, 11) is -2.80. The first-order valence-electron chi connectivity index (χ1n) is 13.4. The van der Waals surface area contributed by atoms with E-state index in [-0.39, 0.29) is 38.6 Å². The van der Waals surface area contributed by atoms with Crippen LogP contribution in [-0.4, -0.2) is 44.8 Å². The van der Waals surface area contributed by atoms with Gasteiger partial charge in [0, 0.05) is 20.0 Å². The van der Waals surface area contributed by atoms with Gasteiger partial charge in [0.25, 0.3) is 10.0 Å². The lowest BCUT2D eigenvalue weighted by Gasteiger charge is -2.33. The van der Waals surface area contributed by atoms with E-state index in [4.69, 9.17) is 46.4 Å². The number of halogens is 4. The molecule has 0 spiro atoms. The molecule has 4 aromatic carbocycles. The molecule has 0 heterocycles. The minimum atomic E-state index is -4.28. The maximum Gasteiger partial charge on any atom is 0.264 e. The van der Waals surface area contributed by atoms with E-state index in [0.29, 0.717) is 10.6 Å². The van der Waals surface area contributed by atoms with Crippen molar-refractivity contribution in [1.82, 2.24) is 10.2 Å². The summed E-state index contributed by atoms with van der Waals surface area (Å²) in [6.07, 6.45) is 0.172. The van der Waals surface area contributed by atoms with Crippen LogP contribution in [0.5, 0.6) is 0 Å². The Morgan fingerprint density at radius 2 is 1.39 bits per heavy atom. The van der Waals surface area contributed by atoms with Crippen LogP contribution >= 0.6 is 46.4 Å². The number of benzene rings is 4. The van der Waals surface area contributed by atoms with Crippen LogP contribution < -0.4 is 9.62 Å². The van der Waals surface area contributed by atoms with Crippen LogP contribution in [0, 0.1) is 6.92 Å². The Balaban J connectivity index is 1.81. The monoisotopic (exact) mass is 691 g/mol. The fourth-order valence-electron chi connectivity index (χ4n) is 4.56. The summed E-state index contributed by atoms with van der Waals surface area (Å²) in [5, 5.41) is 3.58. The molecule has 0 aliphatic heterocycles. The van der Waals surface area contributed by atoms with E-state index >= 15 is 0 Å². The van der Waals surface area contributed by atoms with E-state index in [1.165, 1.54) is 42.3 Å². The average Bonchev–Trinajstić information content (AvgIpc) is 3.01. The molecule has 12 heteroatoms. The highest BCUT2D eigenvalue weighted by Crippen LogP contribution is 2.31. The second-order valence-electron chi connectivity index (χ2n) is 10.0. The molecule has 44 heavy (non-hydrogen) atoms. The average molecular weight is 693 g/mol. The number of anilines is 1. The van der Waals surface area contributed by atoms with Crippen LogP contribution in [0.2, 0.25) is 20.1 Å². The van der Waals surface area contributed by atoms with E-state index < -0.39 is 34.4 Å². The summed E-state index contributed by atoms with van der Waals surface area (Å²) in [5.41, 5.74) is 2.39. The molecule has 230 valence electrons. The third-order valence-electron chi connectivity index (χ3n) is 6.93. The molecule has 7 nitrogen and oxygen atoms in total. The molecule has 0 aromatic heterocycles. The molecule has 1 N–H and O–H groups in total. The number of carbonyl (C=O) groups is 2. The van der Waals surface area contributed by atoms with Gasteiger partial charge in [-0.2, -0.15) is 0 Å². The maximum atomic E-state index is 14.3. The quantitative estimate of drug-likeness (QED) is 0.180. The third-order valence-corrected chi connectivity index (χ3v) is 10.2. The number of carbonyl (C=O) groups excluding carboxylic acids is 2. The molecule has 0 aliphatic rings. The number of nitrogens with one attached hydrogen (secondary N) is 1. The van der Waals surface area contributed by atoms with Gasteiger partial charge in [0.15, 0.2) is 0 Å². The normalized spacial score (nSPS) is 12.0. The van der Waals surface area contributed by atoms with E-state index in [1.807, 2.05) is 37.3 Å². The standard InChI is InChI=1S/C32H29Cl4N3O4S/c1-21-8-12-25(13-9-21)44(42,43)39(24-11-15-27(34)29(36)18-24)20-31(40)38(19-23-10-14-26(33)28(35)16-23)30(32(41)37-2)17-22-6-4-3-5-7-22/h3-16,18,30H,17,19-20H2,1-2H3,(H,37,41). The zero-order chi connectivity index (χ0) is 32.0. The molecular weight excluding hydrogens is 664 g/mol. The van der Waals surface area contributed by atoms with Gasteiger partial charge in [-0.05, 0) is 60.5 Å². The van der Waals surface area contributed by atoms with Gasteiger partial charge >= 0.3 is 0 Å². The second-order valence-corrected chi connectivity index (χ2v) is 13.5. The highest BCUT2D eigenvalue weighted by atomic mass is 35.5. The fraction of sp³-hybridized carbons (Fsp3) is 0.188. The molecule has 1 unspecified atom stereocenters. The molecule has 0 bridgehead atoms. The van der Waals surface area contributed by atoms with Gasteiger partial charge in [0.2, 0.25) is 11.8 Å².